The normalized spacial score (nSPS) is 19.1. The number of hydrogen-bond donors (Lipinski definition) is 0. The van der Waals surface area contributed by atoms with Gasteiger partial charge in [-0.25, -0.2) is 0 Å². The molecule has 0 bridgehead atoms. The molecule has 1 unspecified atom stereocenters. The first kappa shape index (κ1) is 12.8. The molecule has 0 amide bonds. The summed E-state index contributed by atoms with van der Waals surface area (Å²) in [7, 11) is 0. The number of ketones is 1. The topological polar surface area (TPSA) is 26.3 Å². The number of carbonyl (C=O) groups excluding carboxylic acids is 1. The van der Waals surface area contributed by atoms with Gasteiger partial charge in [0.1, 0.15) is 5.78 Å². The Balaban J connectivity index is 2.10. The number of hydrogen-bond acceptors (Lipinski definition) is 3. The molecule has 0 saturated carbocycles. The number of carbonyl (C=O) groups is 1. The molecule has 1 aromatic heterocycles. The predicted octanol–water partition coefficient (Wildman–Crippen LogP) is 3.68. The van der Waals surface area contributed by atoms with Gasteiger partial charge in [0.25, 0.3) is 0 Å². The predicted molar refractivity (Wildman–Crippen MR) is 70.6 cm³/mol. The zero-order valence-corrected chi connectivity index (χ0v) is 11.4. The van der Waals surface area contributed by atoms with Gasteiger partial charge in [-0.3, -0.25) is 0 Å². The van der Waals surface area contributed by atoms with E-state index in [1.54, 1.807) is 6.92 Å². The fraction of sp³-hybridized carbons (Fsp3) is 0.643. The number of ether oxygens (including phenoxy) is 1. The molecule has 1 aromatic rings. The van der Waals surface area contributed by atoms with E-state index < -0.39 is 0 Å². The van der Waals surface area contributed by atoms with Gasteiger partial charge in [-0.1, -0.05) is 0 Å². The Bertz CT molecular complexity index is 395. The average Bonchev–Trinajstić information content (AvgIpc) is 2.71. The van der Waals surface area contributed by atoms with Gasteiger partial charge in [-0.15, -0.1) is 11.3 Å². The Labute approximate surface area is 107 Å². The fourth-order valence-corrected chi connectivity index (χ4v) is 3.63. The Morgan fingerprint density at radius 3 is 3.12 bits per heavy atom. The number of aryl methyl sites for hydroxylation is 2. The van der Waals surface area contributed by atoms with E-state index in [2.05, 4.69) is 13.0 Å². The van der Waals surface area contributed by atoms with E-state index in [4.69, 9.17) is 4.74 Å². The summed E-state index contributed by atoms with van der Waals surface area (Å²) in [6.07, 6.45) is 5.41. The molecule has 0 saturated heterocycles. The SMILES string of the molecule is CCOC1CCCc2sc(CCC(C)=O)cc21. The maximum Gasteiger partial charge on any atom is 0.130 e. The van der Waals surface area contributed by atoms with Crippen LogP contribution in [0.1, 0.15) is 54.5 Å². The zero-order chi connectivity index (χ0) is 12.3. The molecule has 2 rings (SSSR count). The van der Waals surface area contributed by atoms with E-state index in [1.807, 2.05) is 11.3 Å². The second-order valence-electron chi connectivity index (χ2n) is 4.63. The van der Waals surface area contributed by atoms with Crippen LogP contribution < -0.4 is 0 Å². The highest BCUT2D eigenvalue weighted by molar-refractivity contribution is 7.12. The largest absolute Gasteiger partial charge is 0.374 e. The van der Waals surface area contributed by atoms with Crippen LogP contribution in [-0.2, 0) is 22.4 Å². The second kappa shape index (κ2) is 5.78. The van der Waals surface area contributed by atoms with Crippen molar-refractivity contribution >= 4 is 17.1 Å². The van der Waals surface area contributed by atoms with Crippen molar-refractivity contribution in [2.24, 2.45) is 0 Å². The van der Waals surface area contributed by atoms with Crippen LogP contribution >= 0.6 is 11.3 Å². The molecule has 0 fully saturated rings. The summed E-state index contributed by atoms with van der Waals surface area (Å²) in [6.45, 7) is 4.50. The molecule has 0 spiro atoms. The van der Waals surface area contributed by atoms with E-state index in [1.165, 1.54) is 28.2 Å². The van der Waals surface area contributed by atoms with Gasteiger partial charge in [-0.05, 0) is 51.2 Å². The lowest BCUT2D eigenvalue weighted by Crippen LogP contribution is -2.10. The molecule has 1 aliphatic rings. The molecule has 0 aromatic carbocycles. The van der Waals surface area contributed by atoms with Crippen molar-refractivity contribution in [2.45, 2.75) is 52.1 Å². The third-order valence-corrected chi connectivity index (χ3v) is 4.47. The molecule has 2 nitrogen and oxygen atoms in total. The van der Waals surface area contributed by atoms with E-state index >= 15 is 0 Å². The van der Waals surface area contributed by atoms with Crippen LogP contribution in [0.15, 0.2) is 6.07 Å². The Kier molecular flexibility index (Phi) is 4.35. The number of rotatable bonds is 5. The van der Waals surface area contributed by atoms with E-state index in [0.29, 0.717) is 12.5 Å². The van der Waals surface area contributed by atoms with Crippen molar-refractivity contribution in [3.63, 3.8) is 0 Å². The first-order valence-corrected chi connectivity index (χ1v) is 7.25. The van der Waals surface area contributed by atoms with Gasteiger partial charge in [0, 0.05) is 22.8 Å². The maximum atomic E-state index is 11.0. The van der Waals surface area contributed by atoms with Gasteiger partial charge >= 0.3 is 0 Å². The molecule has 0 aliphatic heterocycles. The minimum atomic E-state index is 0.276. The average molecular weight is 252 g/mol. The first-order chi connectivity index (χ1) is 8.20. The summed E-state index contributed by atoms with van der Waals surface area (Å²) in [5, 5.41) is 0. The lowest BCUT2D eigenvalue weighted by molar-refractivity contribution is -0.116. The van der Waals surface area contributed by atoms with Gasteiger partial charge in [0.15, 0.2) is 0 Å². The van der Waals surface area contributed by atoms with E-state index in [-0.39, 0.29) is 5.78 Å². The second-order valence-corrected chi connectivity index (χ2v) is 5.85. The zero-order valence-electron chi connectivity index (χ0n) is 10.6. The molecule has 1 atom stereocenters. The Morgan fingerprint density at radius 1 is 1.59 bits per heavy atom. The molecule has 0 N–H and O–H groups in total. The minimum Gasteiger partial charge on any atom is -0.374 e. The number of fused-ring (bicyclic) bond motifs is 1. The molecule has 1 heterocycles. The minimum absolute atomic E-state index is 0.276. The molecule has 1 aliphatic carbocycles. The monoisotopic (exact) mass is 252 g/mol. The summed E-state index contributed by atoms with van der Waals surface area (Å²) >= 11 is 1.87. The third kappa shape index (κ3) is 3.17. The van der Waals surface area contributed by atoms with Crippen LogP contribution in [0.4, 0.5) is 0 Å². The lowest BCUT2D eigenvalue weighted by atomic mass is 9.95. The smallest absolute Gasteiger partial charge is 0.130 e. The number of Topliss-reactive ketones (excluding diaryl/α,β-unsaturated/α-hetero) is 1. The van der Waals surface area contributed by atoms with Gasteiger partial charge in [0.2, 0.25) is 0 Å². The summed E-state index contributed by atoms with van der Waals surface area (Å²) in [4.78, 5) is 13.8. The molecule has 94 valence electrons. The van der Waals surface area contributed by atoms with Crippen LogP contribution in [-0.4, -0.2) is 12.4 Å². The highest BCUT2D eigenvalue weighted by atomic mass is 32.1. The molecular formula is C14H20O2S. The molecule has 3 heteroatoms. The van der Waals surface area contributed by atoms with Crippen molar-refractivity contribution in [3.05, 3.63) is 21.4 Å². The highest BCUT2D eigenvalue weighted by Gasteiger charge is 2.23. The molecular weight excluding hydrogens is 232 g/mol. The lowest BCUT2D eigenvalue weighted by Gasteiger charge is -2.22. The van der Waals surface area contributed by atoms with Crippen molar-refractivity contribution in [3.8, 4) is 0 Å². The summed E-state index contributed by atoms with van der Waals surface area (Å²) in [5.41, 5.74) is 1.39. The number of thiophene rings is 1. The van der Waals surface area contributed by atoms with Gasteiger partial charge in [-0.2, -0.15) is 0 Å². The van der Waals surface area contributed by atoms with Gasteiger partial charge in [0.05, 0.1) is 6.10 Å². The van der Waals surface area contributed by atoms with Gasteiger partial charge < -0.3 is 9.53 Å². The fourth-order valence-electron chi connectivity index (χ4n) is 2.37. The summed E-state index contributed by atoms with van der Waals surface area (Å²) in [6, 6.07) is 2.27. The van der Waals surface area contributed by atoms with Crippen molar-refractivity contribution in [1.29, 1.82) is 0 Å². The maximum absolute atomic E-state index is 11.0. The Hall–Kier alpha value is -0.670. The quantitative estimate of drug-likeness (QED) is 0.799. The van der Waals surface area contributed by atoms with Crippen LogP contribution in [0.25, 0.3) is 0 Å². The molecule has 0 radical (unpaired) electrons. The third-order valence-electron chi connectivity index (χ3n) is 3.20. The van der Waals surface area contributed by atoms with Crippen molar-refractivity contribution in [1.82, 2.24) is 0 Å². The summed E-state index contributed by atoms with van der Waals surface area (Å²) in [5.74, 6) is 0.276. The summed E-state index contributed by atoms with van der Waals surface area (Å²) < 4.78 is 5.79. The van der Waals surface area contributed by atoms with Crippen LogP contribution in [0.2, 0.25) is 0 Å². The van der Waals surface area contributed by atoms with Crippen LogP contribution in [0.5, 0.6) is 0 Å². The van der Waals surface area contributed by atoms with Crippen LogP contribution in [0.3, 0.4) is 0 Å². The van der Waals surface area contributed by atoms with Crippen molar-refractivity contribution < 1.29 is 9.53 Å². The van der Waals surface area contributed by atoms with E-state index in [9.17, 15) is 4.79 Å². The Morgan fingerprint density at radius 2 is 2.41 bits per heavy atom. The van der Waals surface area contributed by atoms with Crippen LogP contribution in [0, 0.1) is 0 Å². The molecule has 17 heavy (non-hydrogen) atoms. The first-order valence-electron chi connectivity index (χ1n) is 6.43. The van der Waals surface area contributed by atoms with Crippen molar-refractivity contribution in [2.75, 3.05) is 6.61 Å². The standard InChI is InChI=1S/C14H20O2S/c1-3-16-13-5-4-6-14-12(13)9-11(17-14)8-7-10(2)15/h9,13H,3-8H2,1-2H3. The van der Waals surface area contributed by atoms with E-state index in [0.717, 1.165) is 19.4 Å². The highest BCUT2D eigenvalue weighted by Crippen LogP contribution is 2.38.